The summed E-state index contributed by atoms with van der Waals surface area (Å²) in [4.78, 5) is 22.3. The molecule has 6 heteroatoms. The highest BCUT2D eigenvalue weighted by Gasteiger charge is 2.26. The van der Waals surface area contributed by atoms with Crippen LogP contribution in [0.15, 0.2) is 0 Å². The molecule has 0 aromatic heterocycles. The summed E-state index contributed by atoms with van der Waals surface area (Å²) in [6, 6.07) is -1.81. The first-order valence-electron chi connectivity index (χ1n) is 6.37. The Hall–Kier alpha value is -1.30. The monoisotopic (exact) mass is 258 g/mol. The Morgan fingerprint density at radius 1 is 1.39 bits per heavy atom. The number of amides is 2. The molecule has 6 nitrogen and oxygen atoms in total. The van der Waals surface area contributed by atoms with Crippen LogP contribution in [0, 0.1) is 11.8 Å². The van der Waals surface area contributed by atoms with Gasteiger partial charge in [0, 0.05) is 6.54 Å². The molecule has 0 spiro atoms. The molecule has 0 radical (unpaired) electrons. The summed E-state index contributed by atoms with van der Waals surface area (Å²) in [5.74, 6) is -0.183. The Balaban J connectivity index is 2.34. The van der Waals surface area contributed by atoms with Gasteiger partial charge in [-0.05, 0) is 25.2 Å². The highest BCUT2D eigenvalue weighted by atomic mass is 16.4. The molecule has 0 heterocycles. The number of rotatable bonds is 5. The van der Waals surface area contributed by atoms with Crippen LogP contribution < -0.4 is 10.6 Å². The first kappa shape index (κ1) is 14.8. The number of carbonyl (C=O) groups excluding carboxylic acids is 1. The molecule has 2 unspecified atom stereocenters. The first-order valence-corrected chi connectivity index (χ1v) is 6.37. The quantitative estimate of drug-likeness (QED) is 0.579. The fourth-order valence-electron chi connectivity index (χ4n) is 2.33. The minimum absolute atomic E-state index is 0.463. The van der Waals surface area contributed by atoms with Crippen molar-refractivity contribution in [2.24, 2.45) is 11.8 Å². The van der Waals surface area contributed by atoms with Crippen molar-refractivity contribution in [3.63, 3.8) is 0 Å². The summed E-state index contributed by atoms with van der Waals surface area (Å²) in [6.07, 6.45) is 2.33. The maximum absolute atomic E-state index is 11.5. The summed E-state index contributed by atoms with van der Waals surface area (Å²) >= 11 is 0. The maximum Gasteiger partial charge on any atom is 0.328 e. The van der Waals surface area contributed by atoms with E-state index < -0.39 is 24.1 Å². The zero-order valence-corrected chi connectivity index (χ0v) is 10.8. The van der Waals surface area contributed by atoms with E-state index in [0.29, 0.717) is 18.4 Å². The average Bonchev–Trinajstić information content (AvgIpc) is 2.68. The molecule has 0 aromatic rings. The van der Waals surface area contributed by atoms with Crippen molar-refractivity contribution in [3.05, 3.63) is 0 Å². The van der Waals surface area contributed by atoms with E-state index in [1.165, 1.54) is 19.8 Å². The van der Waals surface area contributed by atoms with E-state index >= 15 is 0 Å². The van der Waals surface area contributed by atoms with Crippen LogP contribution in [0.25, 0.3) is 0 Å². The smallest absolute Gasteiger partial charge is 0.328 e. The van der Waals surface area contributed by atoms with Crippen molar-refractivity contribution in [2.45, 2.75) is 45.3 Å². The molecule has 0 aliphatic heterocycles. The van der Waals surface area contributed by atoms with Crippen LogP contribution in [0.5, 0.6) is 0 Å². The number of carboxylic acid groups (broad SMARTS) is 1. The van der Waals surface area contributed by atoms with Gasteiger partial charge in [-0.25, -0.2) is 9.59 Å². The second-order valence-corrected chi connectivity index (χ2v) is 5.08. The number of hydrogen-bond acceptors (Lipinski definition) is 3. The second kappa shape index (κ2) is 6.58. The van der Waals surface area contributed by atoms with Gasteiger partial charge in [0.15, 0.2) is 6.04 Å². The number of aliphatic hydroxyl groups excluding tert-OH is 1. The lowest BCUT2D eigenvalue weighted by Gasteiger charge is -2.20. The fourth-order valence-corrected chi connectivity index (χ4v) is 2.33. The lowest BCUT2D eigenvalue weighted by molar-refractivity contribution is -0.141. The first-order chi connectivity index (χ1) is 8.41. The van der Waals surface area contributed by atoms with Crippen molar-refractivity contribution in [3.8, 4) is 0 Å². The maximum atomic E-state index is 11.5. The normalized spacial score (nSPS) is 26.4. The Morgan fingerprint density at radius 2 is 2.06 bits per heavy atom. The van der Waals surface area contributed by atoms with Gasteiger partial charge in [0.1, 0.15) is 0 Å². The van der Waals surface area contributed by atoms with Crippen LogP contribution in [0.4, 0.5) is 4.79 Å². The summed E-state index contributed by atoms with van der Waals surface area (Å²) < 4.78 is 0. The molecule has 1 fully saturated rings. The Labute approximate surface area is 107 Å². The molecule has 0 aromatic carbocycles. The Morgan fingerprint density at radius 3 is 2.50 bits per heavy atom. The van der Waals surface area contributed by atoms with Crippen LogP contribution in [0.1, 0.15) is 33.1 Å². The number of aliphatic carboxylic acids is 1. The Kier molecular flexibility index (Phi) is 5.40. The molecular formula is C12H22N2O4. The second-order valence-electron chi connectivity index (χ2n) is 5.08. The van der Waals surface area contributed by atoms with Crippen LogP contribution >= 0.6 is 0 Å². The average molecular weight is 258 g/mol. The van der Waals surface area contributed by atoms with Crippen molar-refractivity contribution in [1.29, 1.82) is 0 Å². The number of carboxylic acids is 1. The SMILES string of the molecule is CC1CCCC1CNC(=O)N[C@H](C(=O)O)[C@@H](C)O. The summed E-state index contributed by atoms with van der Waals surface area (Å²) in [5.41, 5.74) is 0. The number of carbonyl (C=O) groups is 2. The van der Waals surface area contributed by atoms with E-state index in [9.17, 15) is 14.7 Å². The van der Waals surface area contributed by atoms with Crippen molar-refractivity contribution in [1.82, 2.24) is 10.6 Å². The van der Waals surface area contributed by atoms with E-state index in [2.05, 4.69) is 17.6 Å². The van der Waals surface area contributed by atoms with Crippen LogP contribution in [0.3, 0.4) is 0 Å². The molecule has 4 N–H and O–H groups in total. The molecule has 2 amide bonds. The molecule has 104 valence electrons. The third-order valence-corrected chi connectivity index (χ3v) is 3.60. The molecule has 0 saturated heterocycles. The molecule has 1 saturated carbocycles. The summed E-state index contributed by atoms with van der Waals surface area (Å²) in [5, 5.41) is 23.0. The van der Waals surface area contributed by atoms with E-state index in [0.717, 1.165) is 6.42 Å². The van der Waals surface area contributed by atoms with Crippen molar-refractivity contribution >= 4 is 12.0 Å². The van der Waals surface area contributed by atoms with E-state index in [1.807, 2.05) is 0 Å². The fraction of sp³-hybridized carbons (Fsp3) is 0.833. The standard InChI is InChI=1S/C12H22N2O4/c1-7-4-3-5-9(7)6-13-12(18)14-10(8(2)15)11(16)17/h7-10,15H,3-6H2,1-2H3,(H,16,17)(H2,13,14,18)/t7?,8-,9?,10+/m1/s1. The number of aliphatic hydroxyl groups is 1. The third-order valence-electron chi connectivity index (χ3n) is 3.60. The minimum Gasteiger partial charge on any atom is -0.480 e. The number of hydrogen-bond donors (Lipinski definition) is 4. The van der Waals surface area contributed by atoms with Gasteiger partial charge in [-0.1, -0.05) is 19.8 Å². The van der Waals surface area contributed by atoms with Gasteiger partial charge in [-0.15, -0.1) is 0 Å². The van der Waals surface area contributed by atoms with Crippen LogP contribution in [-0.2, 0) is 4.79 Å². The lowest BCUT2D eigenvalue weighted by atomic mass is 9.98. The molecule has 18 heavy (non-hydrogen) atoms. The van der Waals surface area contributed by atoms with E-state index in [-0.39, 0.29) is 0 Å². The topological polar surface area (TPSA) is 98.7 Å². The largest absolute Gasteiger partial charge is 0.480 e. The predicted octanol–water partition coefficient (Wildman–Crippen LogP) is 0.556. The van der Waals surface area contributed by atoms with E-state index in [4.69, 9.17) is 5.11 Å². The number of nitrogens with one attached hydrogen (secondary N) is 2. The predicted molar refractivity (Wildman–Crippen MR) is 66.1 cm³/mol. The van der Waals surface area contributed by atoms with Gasteiger partial charge in [0.2, 0.25) is 0 Å². The summed E-state index contributed by atoms with van der Waals surface area (Å²) in [7, 11) is 0. The minimum atomic E-state index is -1.27. The van der Waals surface area contributed by atoms with Gasteiger partial charge in [-0.2, -0.15) is 0 Å². The molecule has 1 aliphatic rings. The summed E-state index contributed by atoms with van der Waals surface area (Å²) in [6.45, 7) is 4.05. The highest BCUT2D eigenvalue weighted by Crippen LogP contribution is 2.30. The van der Waals surface area contributed by atoms with Crippen molar-refractivity contribution in [2.75, 3.05) is 6.54 Å². The van der Waals surface area contributed by atoms with Crippen LogP contribution in [-0.4, -0.2) is 40.9 Å². The van der Waals surface area contributed by atoms with Gasteiger partial charge in [0.25, 0.3) is 0 Å². The molecule has 1 rings (SSSR count). The molecule has 4 atom stereocenters. The molecular weight excluding hydrogens is 236 g/mol. The number of urea groups is 1. The third kappa shape index (κ3) is 4.18. The van der Waals surface area contributed by atoms with Crippen molar-refractivity contribution < 1.29 is 19.8 Å². The van der Waals surface area contributed by atoms with Gasteiger partial charge >= 0.3 is 12.0 Å². The van der Waals surface area contributed by atoms with Gasteiger partial charge < -0.3 is 20.8 Å². The van der Waals surface area contributed by atoms with Gasteiger partial charge in [0.05, 0.1) is 6.10 Å². The zero-order valence-electron chi connectivity index (χ0n) is 10.8. The molecule has 0 bridgehead atoms. The highest BCUT2D eigenvalue weighted by molar-refractivity contribution is 5.82. The molecule has 1 aliphatic carbocycles. The van der Waals surface area contributed by atoms with Gasteiger partial charge in [-0.3, -0.25) is 0 Å². The lowest BCUT2D eigenvalue weighted by Crippen LogP contribution is -2.51. The van der Waals surface area contributed by atoms with Crippen LogP contribution in [0.2, 0.25) is 0 Å². The van der Waals surface area contributed by atoms with E-state index in [1.54, 1.807) is 0 Å². The Bertz CT molecular complexity index is 306. The zero-order chi connectivity index (χ0) is 13.7.